The fraction of sp³-hybridized carbons (Fsp3) is 0.571. The maximum absolute atomic E-state index is 12.1. The van der Waals surface area contributed by atoms with Crippen LogP contribution in [0.2, 0.25) is 0 Å². The monoisotopic (exact) mass is 284 g/mol. The van der Waals surface area contributed by atoms with Gasteiger partial charge in [0.2, 0.25) is 0 Å². The fourth-order valence-electron chi connectivity index (χ4n) is 2.42. The maximum atomic E-state index is 12.1. The first-order chi connectivity index (χ1) is 9.01. The van der Waals surface area contributed by atoms with Crippen LogP contribution in [-0.2, 0) is 14.3 Å². The van der Waals surface area contributed by atoms with Crippen molar-refractivity contribution in [2.24, 2.45) is 5.92 Å². The number of aryl methyl sites for hydroxylation is 1. The summed E-state index contributed by atoms with van der Waals surface area (Å²) in [6.45, 7) is 2.03. The molecule has 0 amide bonds. The van der Waals surface area contributed by atoms with Crippen molar-refractivity contribution in [2.75, 3.05) is 6.61 Å². The number of aliphatic hydroxyl groups excluding tert-OH is 1. The zero-order valence-corrected chi connectivity index (χ0v) is 11.9. The largest absolute Gasteiger partial charge is 0.396 e. The van der Waals surface area contributed by atoms with E-state index in [9.17, 15) is 8.42 Å². The van der Waals surface area contributed by atoms with Gasteiger partial charge in [0.25, 0.3) is 10.1 Å². The highest BCUT2D eigenvalue weighted by molar-refractivity contribution is 7.86. The van der Waals surface area contributed by atoms with Gasteiger partial charge in [-0.1, -0.05) is 12.1 Å². The molecular formula is C14H20O4S. The van der Waals surface area contributed by atoms with E-state index in [2.05, 4.69) is 0 Å². The van der Waals surface area contributed by atoms with E-state index in [0.717, 1.165) is 18.4 Å². The molecule has 106 valence electrons. The van der Waals surface area contributed by atoms with E-state index in [1.807, 2.05) is 13.0 Å². The average Bonchev–Trinajstić information content (AvgIpc) is 2.39. The topological polar surface area (TPSA) is 63.6 Å². The molecule has 1 N–H and O–H groups in total. The lowest BCUT2D eigenvalue weighted by molar-refractivity contribution is 0.109. The van der Waals surface area contributed by atoms with Gasteiger partial charge in [0.15, 0.2) is 0 Å². The zero-order chi connectivity index (χ0) is 13.9. The first-order valence-electron chi connectivity index (χ1n) is 6.62. The van der Waals surface area contributed by atoms with Crippen LogP contribution < -0.4 is 0 Å². The molecule has 1 saturated carbocycles. The van der Waals surface area contributed by atoms with Crippen molar-refractivity contribution in [3.8, 4) is 0 Å². The molecule has 0 heterocycles. The van der Waals surface area contributed by atoms with Gasteiger partial charge in [0, 0.05) is 6.61 Å². The number of hydrogen-bond donors (Lipinski definition) is 1. The molecule has 4 nitrogen and oxygen atoms in total. The Hall–Kier alpha value is -0.910. The van der Waals surface area contributed by atoms with E-state index in [1.165, 1.54) is 0 Å². The average molecular weight is 284 g/mol. The highest BCUT2D eigenvalue weighted by atomic mass is 32.2. The molecular weight excluding hydrogens is 264 g/mol. The Labute approximate surface area is 114 Å². The van der Waals surface area contributed by atoms with Gasteiger partial charge in [-0.05, 0) is 56.2 Å². The molecule has 1 aliphatic carbocycles. The van der Waals surface area contributed by atoms with Crippen LogP contribution in [0.1, 0.15) is 31.2 Å². The number of rotatable bonds is 4. The van der Waals surface area contributed by atoms with Gasteiger partial charge >= 0.3 is 0 Å². The van der Waals surface area contributed by atoms with Crippen LogP contribution in [0.5, 0.6) is 0 Å². The van der Waals surface area contributed by atoms with Crippen molar-refractivity contribution in [1.29, 1.82) is 0 Å². The first-order valence-corrected chi connectivity index (χ1v) is 8.03. The predicted molar refractivity (Wildman–Crippen MR) is 72.3 cm³/mol. The predicted octanol–water partition coefficient (Wildman–Crippen LogP) is 2.25. The maximum Gasteiger partial charge on any atom is 0.297 e. The minimum atomic E-state index is -3.67. The molecule has 0 aliphatic heterocycles. The molecule has 1 aromatic rings. The molecule has 0 aromatic heterocycles. The van der Waals surface area contributed by atoms with Crippen LogP contribution in [0, 0.1) is 12.8 Å². The Morgan fingerprint density at radius 3 is 2.53 bits per heavy atom. The Kier molecular flexibility index (Phi) is 4.60. The molecule has 0 unspecified atom stereocenters. The summed E-state index contributed by atoms with van der Waals surface area (Å²) in [6, 6.07) is 6.75. The molecule has 0 atom stereocenters. The van der Waals surface area contributed by atoms with Gasteiger partial charge in [-0.3, -0.25) is 4.18 Å². The van der Waals surface area contributed by atoms with Gasteiger partial charge in [-0.2, -0.15) is 8.42 Å². The molecule has 1 fully saturated rings. The zero-order valence-electron chi connectivity index (χ0n) is 11.1. The Balaban J connectivity index is 2.02. The quantitative estimate of drug-likeness (QED) is 0.861. The lowest BCUT2D eigenvalue weighted by Crippen LogP contribution is -2.25. The molecule has 0 radical (unpaired) electrons. The first kappa shape index (κ1) is 14.5. The molecule has 19 heavy (non-hydrogen) atoms. The number of benzene rings is 1. The summed E-state index contributed by atoms with van der Waals surface area (Å²) < 4.78 is 29.6. The molecule has 2 rings (SSSR count). The van der Waals surface area contributed by atoms with Crippen molar-refractivity contribution >= 4 is 10.1 Å². The summed E-state index contributed by atoms with van der Waals surface area (Å²) in [5, 5.41) is 9.06. The highest BCUT2D eigenvalue weighted by Crippen LogP contribution is 2.28. The van der Waals surface area contributed by atoms with E-state index in [-0.39, 0.29) is 17.6 Å². The van der Waals surface area contributed by atoms with Crippen molar-refractivity contribution < 1.29 is 17.7 Å². The van der Waals surface area contributed by atoms with Crippen LogP contribution >= 0.6 is 0 Å². The number of aliphatic hydroxyl groups is 1. The highest BCUT2D eigenvalue weighted by Gasteiger charge is 2.26. The summed E-state index contributed by atoms with van der Waals surface area (Å²) in [6.07, 6.45) is 2.77. The van der Waals surface area contributed by atoms with E-state index in [4.69, 9.17) is 9.29 Å². The summed E-state index contributed by atoms with van der Waals surface area (Å²) in [7, 11) is -3.67. The molecule has 5 heteroatoms. The standard InChI is InChI=1S/C14H20O4S/c1-11-3-2-4-14(9-11)19(16,17)18-13-7-5-12(10-15)6-8-13/h2-4,9,12-13,15H,5-8,10H2,1H3. The minimum absolute atomic E-state index is 0.178. The SMILES string of the molecule is Cc1cccc(S(=O)(=O)OC2CCC(CO)CC2)c1. The summed E-state index contributed by atoms with van der Waals surface area (Å²) in [5.41, 5.74) is 0.897. The number of hydrogen-bond acceptors (Lipinski definition) is 4. The van der Waals surface area contributed by atoms with E-state index in [1.54, 1.807) is 18.2 Å². The molecule has 0 bridgehead atoms. The van der Waals surface area contributed by atoms with Crippen LogP contribution in [0.15, 0.2) is 29.2 Å². The van der Waals surface area contributed by atoms with E-state index >= 15 is 0 Å². The van der Waals surface area contributed by atoms with Crippen molar-refractivity contribution in [3.05, 3.63) is 29.8 Å². The second-order valence-electron chi connectivity index (χ2n) is 5.19. The van der Waals surface area contributed by atoms with Crippen LogP contribution in [0.4, 0.5) is 0 Å². The Morgan fingerprint density at radius 2 is 1.95 bits per heavy atom. The van der Waals surface area contributed by atoms with Gasteiger partial charge in [-0.15, -0.1) is 0 Å². The van der Waals surface area contributed by atoms with E-state index < -0.39 is 10.1 Å². The third-order valence-electron chi connectivity index (χ3n) is 3.59. The molecule has 0 saturated heterocycles. The van der Waals surface area contributed by atoms with Gasteiger partial charge < -0.3 is 5.11 Å². The summed E-state index contributed by atoms with van der Waals surface area (Å²) in [4.78, 5) is 0.219. The van der Waals surface area contributed by atoms with Gasteiger partial charge in [0.05, 0.1) is 11.0 Å². The molecule has 1 aromatic carbocycles. The summed E-state index contributed by atoms with van der Waals surface area (Å²) >= 11 is 0. The van der Waals surface area contributed by atoms with Crippen molar-refractivity contribution in [1.82, 2.24) is 0 Å². The van der Waals surface area contributed by atoms with Crippen molar-refractivity contribution in [3.63, 3.8) is 0 Å². The summed E-state index contributed by atoms with van der Waals surface area (Å²) in [5.74, 6) is 0.293. The van der Waals surface area contributed by atoms with Crippen LogP contribution in [0.3, 0.4) is 0 Å². The van der Waals surface area contributed by atoms with E-state index in [0.29, 0.717) is 18.8 Å². The molecule has 0 spiro atoms. The molecule has 1 aliphatic rings. The third kappa shape index (κ3) is 3.78. The lowest BCUT2D eigenvalue weighted by Gasteiger charge is -2.26. The van der Waals surface area contributed by atoms with Crippen LogP contribution in [0.25, 0.3) is 0 Å². The fourth-order valence-corrected chi connectivity index (χ4v) is 3.65. The Bertz CT molecular complexity index is 516. The minimum Gasteiger partial charge on any atom is -0.396 e. The van der Waals surface area contributed by atoms with Crippen LogP contribution in [-0.4, -0.2) is 26.2 Å². The second kappa shape index (κ2) is 6.03. The normalized spacial score (nSPS) is 24.3. The van der Waals surface area contributed by atoms with Gasteiger partial charge in [-0.25, -0.2) is 0 Å². The van der Waals surface area contributed by atoms with Crippen molar-refractivity contribution in [2.45, 2.75) is 43.6 Å². The Morgan fingerprint density at radius 1 is 1.26 bits per heavy atom. The smallest absolute Gasteiger partial charge is 0.297 e. The lowest BCUT2D eigenvalue weighted by atomic mass is 9.88. The second-order valence-corrected chi connectivity index (χ2v) is 6.76. The van der Waals surface area contributed by atoms with Gasteiger partial charge in [0.1, 0.15) is 0 Å². The third-order valence-corrected chi connectivity index (χ3v) is 4.95.